The third-order valence-corrected chi connectivity index (χ3v) is 3.41. The van der Waals surface area contributed by atoms with Crippen molar-refractivity contribution in [1.29, 1.82) is 0 Å². The van der Waals surface area contributed by atoms with Crippen molar-refractivity contribution >= 4 is 11.6 Å². The molecule has 0 amide bonds. The van der Waals surface area contributed by atoms with Crippen LogP contribution in [-0.4, -0.2) is 7.11 Å². The summed E-state index contributed by atoms with van der Waals surface area (Å²) in [6, 6.07) is 12.7. The van der Waals surface area contributed by atoms with Crippen LogP contribution in [-0.2, 0) is 6.54 Å². The summed E-state index contributed by atoms with van der Waals surface area (Å²) in [7, 11) is 1.46. The van der Waals surface area contributed by atoms with E-state index in [9.17, 15) is 4.39 Å². The summed E-state index contributed by atoms with van der Waals surface area (Å²) < 4.78 is 18.4. The van der Waals surface area contributed by atoms with E-state index in [0.29, 0.717) is 6.54 Å². The number of benzene rings is 2. The molecule has 0 aliphatic heterocycles. The molecular formula is C16H17ClFNO. The van der Waals surface area contributed by atoms with Crippen molar-refractivity contribution in [3.8, 4) is 5.75 Å². The first-order valence-electron chi connectivity index (χ1n) is 6.41. The molecule has 2 nitrogen and oxygen atoms in total. The highest BCUT2D eigenvalue weighted by Crippen LogP contribution is 2.22. The second-order valence-corrected chi connectivity index (χ2v) is 5.06. The molecule has 0 heterocycles. The predicted octanol–water partition coefficient (Wildman–Crippen LogP) is 4.34. The molecule has 0 fully saturated rings. The van der Waals surface area contributed by atoms with Gasteiger partial charge in [-0.05, 0) is 42.3 Å². The first-order chi connectivity index (χ1) is 9.60. The molecule has 0 saturated carbocycles. The SMILES string of the molecule is COc1cc(C(C)NCc2cccc(Cl)c2)ccc1F. The van der Waals surface area contributed by atoms with Crippen LogP contribution < -0.4 is 10.1 Å². The minimum Gasteiger partial charge on any atom is -0.494 e. The van der Waals surface area contributed by atoms with Crippen LogP contribution in [0.1, 0.15) is 24.1 Å². The smallest absolute Gasteiger partial charge is 0.165 e. The van der Waals surface area contributed by atoms with Crippen LogP contribution >= 0.6 is 11.6 Å². The molecule has 0 spiro atoms. The summed E-state index contributed by atoms with van der Waals surface area (Å²) in [6.07, 6.45) is 0. The van der Waals surface area contributed by atoms with Crippen LogP contribution in [0.15, 0.2) is 42.5 Å². The van der Waals surface area contributed by atoms with E-state index in [-0.39, 0.29) is 17.6 Å². The Kier molecular flexibility index (Phi) is 4.99. The molecule has 1 atom stereocenters. The molecule has 0 aliphatic rings. The fourth-order valence-electron chi connectivity index (χ4n) is 1.98. The number of hydrogen-bond donors (Lipinski definition) is 1. The number of hydrogen-bond acceptors (Lipinski definition) is 2. The Morgan fingerprint density at radius 3 is 2.75 bits per heavy atom. The number of rotatable bonds is 5. The van der Waals surface area contributed by atoms with Gasteiger partial charge in [-0.15, -0.1) is 0 Å². The van der Waals surface area contributed by atoms with Crippen molar-refractivity contribution in [2.45, 2.75) is 19.5 Å². The molecule has 0 saturated heterocycles. The van der Waals surface area contributed by atoms with E-state index in [1.165, 1.54) is 13.2 Å². The average Bonchev–Trinajstić information content (AvgIpc) is 2.45. The number of ether oxygens (including phenoxy) is 1. The molecule has 20 heavy (non-hydrogen) atoms. The zero-order valence-corrected chi connectivity index (χ0v) is 12.2. The van der Waals surface area contributed by atoms with E-state index >= 15 is 0 Å². The van der Waals surface area contributed by atoms with Crippen molar-refractivity contribution in [3.05, 3.63) is 64.4 Å². The normalized spacial score (nSPS) is 12.2. The summed E-state index contributed by atoms with van der Waals surface area (Å²) in [4.78, 5) is 0. The van der Waals surface area contributed by atoms with Crippen LogP contribution in [0.5, 0.6) is 5.75 Å². The Hall–Kier alpha value is -1.58. The maximum absolute atomic E-state index is 13.4. The van der Waals surface area contributed by atoms with Gasteiger partial charge >= 0.3 is 0 Å². The quantitative estimate of drug-likeness (QED) is 0.885. The van der Waals surface area contributed by atoms with Crippen molar-refractivity contribution in [1.82, 2.24) is 5.32 Å². The summed E-state index contributed by atoms with van der Waals surface area (Å²) in [5, 5.41) is 4.10. The summed E-state index contributed by atoms with van der Waals surface area (Å²) in [5.41, 5.74) is 2.09. The molecule has 0 bridgehead atoms. The van der Waals surface area contributed by atoms with Crippen LogP contribution in [0.3, 0.4) is 0 Å². The number of halogens is 2. The van der Waals surface area contributed by atoms with Gasteiger partial charge in [0.25, 0.3) is 0 Å². The molecular weight excluding hydrogens is 277 g/mol. The third-order valence-electron chi connectivity index (χ3n) is 3.18. The Labute approximate surface area is 123 Å². The van der Waals surface area contributed by atoms with E-state index < -0.39 is 0 Å². The first kappa shape index (κ1) is 14.8. The van der Waals surface area contributed by atoms with Crippen molar-refractivity contribution < 1.29 is 9.13 Å². The minimum absolute atomic E-state index is 0.0866. The summed E-state index contributed by atoms with van der Waals surface area (Å²) in [5.74, 6) is -0.0859. The highest BCUT2D eigenvalue weighted by Gasteiger charge is 2.09. The van der Waals surface area contributed by atoms with Gasteiger partial charge in [0.2, 0.25) is 0 Å². The van der Waals surface area contributed by atoms with E-state index in [0.717, 1.165) is 16.1 Å². The largest absolute Gasteiger partial charge is 0.494 e. The van der Waals surface area contributed by atoms with Crippen molar-refractivity contribution in [2.75, 3.05) is 7.11 Å². The van der Waals surface area contributed by atoms with Gasteiger partial charge in [0.1, 0.15) is 0 Å². The monoisotopic (exact) mass is 293 g/mol. The Bertz CT molecular complexity index is 588. The molecule has 106 valence electrons. The first-order valence-corrected chi connectivity index (χ1v) is 6.79. The molecule has 0 aliphatic carbocycles. The highest BCUT2D eigenvalue weighted by atomic mass is 35.5. The summed E-state index contributed by atoms with van der Waals surface area (Å²) >= 11 is 5.95. The van der Waals surface area contributed by atoms with E-state index in [1.807, 2.05) is 31.2 Å². The van der Waals surface area contributed by atoms with E-state index in [1.54, 1.807) is 12.1 Å². The zero-order chi connectivity index (χ0) is 14.5. The lowest BCUT2D eigenvalue weighted by molar-refractivity contribution is 0.385. The van der Waals surface area contributed by atoms with Crippen LogP contribution in [0.25, 0.3) is 0 Å². The lowest BCUT2D eigenvalue weighted by Crippen LogP contribution is -2.18. The van der Waals surface area contributed by atoms with E-state index in [2.05, 4.69) is 5.32 Å². The second kappa shape index (κ2) is 6.73. The van der Waals surface area contributed by atoms with Gasteiger partial charge in [0.05, 0.1) is 7.11 Å². The summed E-state index contributed by atoms with van der Waals surface area (Å²) in [6.45, 7) is 2.72. The maximum atomic E-state index is 13.4. The lowest BCUT2D eigenvalue weighted by atomic mass is 10.1. The molecule has 2 rings (SSSR count). The second-order valence-electron chi connectivity index (χ2n) is 4.63. The van der Waals surface area contributed by atoms with Gasteiger partial charge in [0, 0.05) is 17.6 Å². The van der Waals surface area contributed by atoms with Crippen LogP contribution in [0, 0.1) is 5.82 Å². The van der Waals surface area contributed by atoms with Crippen LogP contribution in [0.2, 0.25) is 5.02 Å². The van der Waals surface area contributed by atoms with Gasteiger partial charge in [-0.3, -0.25) is 0 Å². The Balaban J connectivity index is 2.03. The number of nitrogens with one attached hydrogen (secondary N) is 1. The molecule has 0 radical (unpaired) electrons. The molecule has 2 aromatic carbocycles. The van der Waals surface area contributed by atoms with E-state index in [4.69, 9.17) is 16.3 Å². The fourth-order valence-corrected chi connectivity index (χ4v) is 2.19. The van der Waals surface area contributed by atoms with Crippen LogP contribution in [0.4, 0.5) is 4.39 Å². The van der Waals surface area contributed by atoms with Crippen molar-refractivity contribution in [3.63, 3.8) is 0 Å². The number of methoxy groups -OCH3 is 1. The average molecular weight is 294 g/mol. The van der Waals surface area contributed by atoms with Gasteiger partial charge in [-0.25, -0.2) is 4.39 Å². The zero-order valence-electron chi connectivity index (χ0n) is 11.5. The Morgan fingerprint density at radius 1 is 1.25 bits per heavy atom. The standard InChI is InChI=1S/C16H17ClFNO/c1-11(13-6-7-15(18)16(9-13)20-2)19-10-12-4-3-5-14(17)8-12/h3-9,11,19H,10H2,1-2H3. The predicted molar refractivity (Wildman–Crippen MR) is 79.7 cm³/mol. The third kappa shape index (κ3) is 3.71. The fraction of sp³-hybridized carbons (Fsp3) is 0.250. The molecule has 4 heteroatoms. The lowest BCUT2D eigenvalue weighted by Gasteiger charge is -2.15. The van der Waals surface area contributed by atoms with Gasteiger partial charge in [0.15, 0.2) is 11.6 Å². The van der Waals surface area contributed by atoms with Gasteiger partial charge < -0.3 is 10.1 Å². The Morgan fingerprint density at radius 2 is 2.05 bits per heavy atom. The van der Waals surface area contributed by atoms with Gasteiger partial charge in [-0.1, -0.05) is 29.8 Å². The molecule has 2 aromatic rings. The molecule has 1 unspecified atom stereocenters. The molecule has 1 N–H and O–H groups in total. The van der Waals surface area contributed by atoms with Crippen molar-refractivity contribution in [2.24, 2.45) is 0 Å². The van der Waals surface area contributed by atoms with Gasteiger partial charge in [-0.2, -0.15) is 0 Å². The molecule has 0 aromatic heterocycles. The minimum atomic E-state index is -0.349. The highest BCUT2D eigenvalue weighted by molar-refractivity contribution is 6.30. The maximum Gasteiger partial charge on any atom is 0.165 e. The topological polar surface area (TPSA) is 21.3 Å².